The van der Waals surface area contributed by atoms with Crippen LogP contribution >= 0.6 is 23.1 Å². The largest absolute Gasteiger partial charge is 0.395 e. The predicted octanol–water partition coefficient (Wildman–Crippen LogP) is 3.90. The van der Waals surface area contributed by atoms with Gasteiger partial charge in [-0.1, -0.05) is 18.2 Å². The van der Waals surface area contributed by atoms with Crippen molar-refractivity contribution in [3.63, 3.8) is 0 Å². The third kappa shape index (κ3) is 3.38. The Bertz CT molecular complexity index is 879. The fourth-order valence-electron chi connectivity index (χ4n) is 3.28. The highest BCUT2D eigenvalue weighted by Crippen LogP contribution is 2.40. The monoisotopic (exact) mass is 371 g/mol. The number of thioether (sulfide) groups is 1. The summed E-state index contributed by atoms with van der Waals surface area (Å²) in [5, 5.41) is 10.6. The SMILES string of the molecule is CN(CCO)c1nc(CSc2ccccc2)nc2sc3c(c12)CCC3. The number of rotatable bonds is 6. The van der Waals surface area contributed by atoms with Gasteiger partial charge in [0.25, 0.3) is 0 Å². The number of anilines is 1. The van der Waals surface area contributed by atoms with Crippen LogP contribution in [0.3, 0.4) is 0 Å². The van der Waals surface area contributed by atoms with E-state index in [1.807, 2.05) is 24.5 Å². The van der Waals surface area contributed by atoms with Gasteiger partial charge in [0, 0.05) is 23.4 Å². The maximum Gasteiger partial charge on any atom is 0.142 e. The standard InChI is InChI=1S/C19H21N3OS2/c1-22(10-11-23)18-17-14-8-5-9-15(14)25-19(17)21-16(20-18)12-24-13-6-3-2-4-7-13/h2-4,6-7,23H,5,8-12H2,1H3. The number of hydrogen-bond acceptors (Lipinski definition) is 6. The fourth-order valence-corrected chi connectivity index (χ4v) is 5.33. The molecule has 3 aromatic rings. The van der Waals surface area contributed by atoms with Crippen molar-refractivity contribution in [3.8, 4) is 0 Å². The number of aliphatic hydroxyl groups is 1. The summed E-state index contributed by atoms with van der Waals surface area (Å²) >= 11 is 3.58. The van der Waals surface area contributed by atoms with Crippen LogP contribution in [0.1, 0.15) is 22.7 Å². The van der Waals surface area contributed by atoms with Gasteiger partial charge >= 0.3 is 0 Å². The van der Waals surface area contributed by atoms with Crippen molar-refractivity contribution in [2.24, 2.45) is 0 Å². The number of aromatic nitrogens is 2. The van der Waals surface area contributed by atoms with E-state index in [1.54, 1.807) is 11.8 Å². The molecular formula is C19H21N3OS2. The molecule has 0 fully saturated rings. The number of aliphatic hydroxyl groups excluding tert-OH is 1. The number of nitrogens with zero attached hydrogens (tertiary/aromatic N) is 3. The Balaban J connectivity index is 1.71. The van der Waals surface area contributed by atoms with Crippen molar-refractivity contribution in [1.82, 2.24) is 9.97 Å². The van der Waals surface area contributed by atoms with Gasteiger partial charge in [0.1, 0.15) is 16.5 Å². The summed E-state index contributed by atoms with van der Waals surface area (Å²) in [6.07, 6.45) is 3.51. The summed E-state index contributed by atoms with van der Waals surface area (Å²) < 4.78 is 0. The molecule has 6 heteroatoms. The lowest BCUT2D eigenvalue weighted by Crippen LogP contribution is -2.23. The lowest BCUT2D eigenvalue weighted by Gasteiger charge is -2.19. The second-order valence-electron chi connectivity index (χ2n) is 6.25. The van der Waals surface area contributed by atoms with Crippen LogP contribution in [0.25, 0.3) is 10.2 Å². The van der Waals surface area contributed by atoms with Crippen LogP contribution in [0.2, 0.25) is 0 Å². The van der Waals surface area contributed by atoms with Crippen LogP contribution in [-0.2, 0) is 18.6 Å². The normalized spacial score (nSPS) is 13.4. The summed E-state index contributed by atoms with van der Waals surface area (Å²) in [5.74, 6) is 2.59. The molecule has 0 saturated heterocycles. The van der Waals surface area contributed by atoms with E-state index in [1.165, 1.54) is 27.1 Å². The maximum atomic E-state index is 9.35. The minimum absolute atomic E-state index is 0.127. The summed E-state index contributed by atoms with van der Waals surface area (Å²) in [6.45, 7) is 0.713. The first-order valence-electron chi connectivity index (χ1n) is 8.57. The summed E-state index contributed by atoms with van der Waals surface area (Å²) in [7, 11) is 2.01. The molecule has 0 radical (unpaired) electrons. The molecule has 130 valence electrons. The number of likely N-dealkylation sites (N-methyl/N-ethyl adjacent to an activating group) is 1. The molecule has 0 bridgehead atoms. The molecule has 2 heterocycles. The Morgan fingerprint density at radius 1 is 1.20 bits per heavy atom. The van der Waals surface area contributed by atoms with Crippen LogP contribution in [0, 0.1) is 0 Å². The molecule has 2 aromatic heterocycles. The predicted molar refractivity (Wildman–Crippen MR) is 106 cm³/mol. The van der Waals surface area contributed by atoms with E-state index in [2.05, 4.69) is 29.2 Å². The average Bonchev–Trinajstić information content (AvgIpc) is 3.21. The highest BCUT2D eigenvalue weighted by atomic mass is 32.2. The minimum Gasteiger partial charge on any atom is -0.395 e. The molecule has 0 unspecified atom stereocenters. The molecule has 0 spiro atoms. The van der Waals surface area contributed by atoms with Crippen molar-refractivity contribution in [3.05, 3.63) is 46.6 Å². The van der Waals surface area contributed by atoms with Crippen molar-refractivity contribution >= 4 is 39.1 Å². The molecule has 1 N–H and O–H groups in total. The zero-order chi connectivity index (χ0) is 17.2. The highest BCUT2D eigenvalue weighted by Gasteiger charge is 2.23. The Morgan fingerprint density at radius 2 is 2.04 bits per heavy atom. The molecule has 0 aliphatic heterocycles. The van der Waals surface area contributed by atoms with E-state index in [4.69, 9.17) is 9.97 Å². The third-order valence-corrected chi connectivity index (χ3v) is 6.69. The van der Waals surface area contributed by atoms with Gasteiger partial charge in [0.15, 0.2) is 0 Å². The van der Waals surface area contributed by atoms with E-state index in [-0.39, 0.29) is 6.61 Å². The Kier molecular flexibility index (Phi) is 4.92. The van der Waals surface area contributed by atoms with Crippen LogP contribution in [-0.4, -0.2) is 35.3 Å². The lowest BCUT2D eigenvalue weighted by atomic mass is 10.2. The first-order valence-corrected chi connectivity index (χ1v) is 10.4. The van der Waals surface area contributed by atoms with Crippen molar-refractivity contribution in [2.45, 2.75) is 29.9 Å². The average molecular weight is 372 g/mol. The summed E-state index contributed by atoms with van der Waals surface area (Å²) in [6, 6.07) is 10.4. The summed E-state index contributed by atoms with van der Waals surface area (Å²) in [4.78, 5) is 15.6. The summed E-state index contributed by atoms with van der Waals surface area (Å²) in [5.41, 5.74) is 1.43. The first kappa shape index (κ1) is 16.8. The smallest absolute Gasteiger partial charge is 0.142 e. The fraction of sp³-hybridized carbons (Fsp3) is 0.368. The number of aryl methyl sites for hydroxylation is 2. The lowest BCUT2D eigenvalue weighted by molar-refractivity contribution is 0.304. The molecule has 25 heavy (non-hydrogen) atoms. The van der Waals surface area contributed by atoms with E-state index >= 15 is 0 Å². The third-order valence-electron chi connectivity index (χ3n) is 4.50. The van der Waals surface area contributed by atoms with Crippen molar-refractivity contribution in [1.29, 1.82) is 0 Å². The zero-order valence-corrected chi connectivity index (χ0v) is 15.9. The van der Waals surface area contributed by atoms with E-state index < -0.39 is 0 Å². The number of benzene rings is 1. The van der Waals surface area contributed by atoms with Gasteiger partial charge in [0.2, 0.25) is 0 Å². The maximum absolute atomic E-state index is 9.35. The second kappa shape index (κ2) is 7.32. The van der Waals surface area contributed by atoms with E-state index in [0.29, 0.717) is 6.54 Å². The van der Waals surface area contributed by atoms with Gasteiger partial charge in [-0.05, 0) is 37.0 Å². The first-order chi connectivity index (χ1) is 12.3. The zero-order valence-electron chi connectivity index (χ0n) is 14.2. The number of fused-ring (bicyclic) bond motifs is 3. The van der Waals surface area contributed by atoms with Gasteiger partial charge in [-0.15, -0.1) is 23.1 Å². The quantitative estimate of drug-likeness (QED) is 0.666. The van der Waals surface area contributed by atoms with Crippen molar-refractivity contribution < 1.29 is 5.11 Å². The van der Waals surface area contributed by atoms with Gasteiger partial charge in [-0.25, -0.2) is 9.97 Å². The van der Waals surface area contributed by atoms with Gasteiger partial charge in [0.05, 0.1) is 17.7 Å². The minimum atomic E-state index is 0.127. The molecule has 1 aliphatic carbocycles. The number of thiophene rings is 1. The molecule has 0 amide bonds. The molecule has 4 rings (SSSR count). The number of hydrogen-bond donors (Lipinski definition) is 1. The van der Waals surface area contributed by atoms with Crippen LogP contribution in [0.15, 0.2) is 35.2 Å². The van der Waals surface area contributed by atoms with E-state index in [9.17, 15) is 5.11 Å². The van der Waals surface area contributed by atoms with Crippen LogP contribution in [0.4, 0.5) is 5.82 Å². The van der Waals surface area contributed by atoms with Crippen LogP contribution < -0.4 is 4.90 Å². The molecule has 4 nitrogen and oxygen atoms in total. The molecule has 0 atom stereocenters. The Labute approximate surface area is 155 Å². The van der Waals surface area contributed by atoms with Crippen LogP contribution in [0.5, 0.6) is 0 Å². The second-order valence-corrected chi connectivity index (χ2v) is 8.38. The molecule has 1 aliphatic rings. The Morgan fingerprint density at radius 3 is 2.84 bits per heavy atom. The van der Waals surface area contributed by atoms with Crippen molar-refractivity contribution in [2.75, 3.05) is 25.1 Å². The van der Waals surface area contributed by atoms with E-state index in [0.717, 1.165) is 35.1 Å². The highest BCUT2D eigenvalue weighted by molar-refractivity contribution is 7.98. The molecular weight excluding hydrogens is 350 g/mol. The van der Waals surface area contributed by atoms with Gasteiger partial charge in [-0.2, -0.15) is 0 Å². The van der Waals surface area contributed by atoms with Gasteiger partial charge < -0.3 is 10.0 Å². The topological polar surface area (TPSA) is 49.2 Å². The molecule has 1 aromatic carbocycles. The Hall–Kier alpha value is -1.63. The van der Waals surface area contributed by atoms with Gasteiger partial charge in [-0.3, -0.25) is 0 Å². The molecule has 0 saturated carbocycles.